The van der Waals surface area contributed by atoms with E-state index >= 15 is 0 Å². The second-order valence-electron chi connectivity index (χ2n) is 6.37. The summed E-state index contributed by atoms with van der Waals surface area (Å²) in [5.41, 5.74) is 7.91. The van der Waals surface area contributed by atoms with E-state index in [2.05, 4.69) is 15.3 Å². The van der Waals surface area contributed by atoms with Crippen LogP contribution in [-0.4, -0.2) is 36.1 Å². The van der Waals surface area contributed by atoms with E-state index in [1.165, 1.54) is 12.6 Å². The van der Waals surface area contributed by atoms with Crippen LogP contribution < -0.4 is 11.1 Å². The summed E-state index contributed by atoms with van der Waals surface area (Å²) in [6.45, 7) is 1.35. The van der Waals surface area contributed by atoms with Crippen LogP contribution in [0.1, 0.15) is 29.6 Å². The van der Waals surface area contributed by atoms with Crippen molar-refractivity contribution in [3.8, 4) is 11.3 Å². The summed E-state index contributed by atoms with van der Waals surface area (Å²) in [6, 6.07) is 7.33. The van der Waals surface area contributed by atoms with Crippen LogP contribution >= 0.6 is 0 Å². The molecule has 1 amide bonds. The second kappa shape index (κ2) is 6.97. The van der Waals surface area contributed by atoms with Gasteiger partial charge in [0.1, 0.15) is 5.82 Å². The van der Waals surface area contributed by atoms with Crippen molar-refractivity contribution >= 4 is 11.7 Å². The predicted octanol–water partition coefficient (Wildman–Crippen LogP) is 2.27. The van der Waals surface area contributed by atoms with E-state index in [0.717, 1.165) is 24.1 Å². The third kappa shape index (κ3) is 3.54. The van der Waals surface area contributed by atoms with Crippen LogP contribution in [0.3, 0.4) is 0 Å². The Morgan fingerprint density at radius 2 is 2.00 bits per heavy atom. The standard InChI is InChI=1S/C18H22N4O2/c1-24-12-18(7-2-8-18)11-22-17(23)14-5-3-13(4-6-14)15-9-21-16(19)10-20-15/h3-6,9-10H,2,7-8,11-12H2,1H3,(H2,19,21)(H,22,23). The molecule has 3 rings (SSSR count). The lowest BCUT2D eigenvalue weighted by Crippen LogP contribution is -2.45. The zero-order valence-electron chi connectivity index (χ0n) is 13.8. The average Bonchev–Trinajstić information content (AvgIpc) is 2.58. The van der Waals surface area contributed by atoms with Gasteiger partial charge in [0.15, 0.2) is 0 Å². The Kier molecular flexibility index (Phi) is 4.76. The van der Waals surface area contributed by atoms with Gasteiger partial charge in [-0.05, 0) is 25.0 Å². The Bertz CT molecular complexity index is 694. The number of benzene rings is 1. The summed E-state index contributed by atoms with van der Waals surface area (Å²) in [6.07, 6.45) is 6.56. The van der Waals surface area contributed by atoms with E-state index in [1.807, 2.05) is 12.1 Å². The summed E-state index contributed by atoms with van der Waals surface area (Å²) in [5, 5.41) is 3.03. The van der Waals surface area contributed by atoms with Gasteiger partial charge >= 0.3 is 0 Å². The Morgan fingerprint density at radius 1 is 1.25 bits per heavy atom. The lowest BCUT2D eigenvalue weighted by atomic mass is 9.69. The smallest absolute Gasteiger partial charge is 0.251 e. The monoisotopic (exact) mass is 326 g/mol. The van der Waals surface area contributed by atoms with Crippen LogP contribution in [0.25, 0.3) is 11.3 Å². The average molecular weight is 326 g/mol. The normalized spacial score (nSPS) is 15.5. The SMILES string of the molecule is COCC1(CNC(=O)c2ccc(-c3cnc(N)cn3)cc2)CCC1. The molecule has 24 heavy (non-hydrogen) atoms. The van der Waals surface area contributed by atoms with Gasteiger partial charge in [0.2, 0.25) is 0 Å². The molecule has 0 radical (unpaired) electrons. The molecule has 0 unspecified atom stereocenters. The highest BCUT2D eigenvalue weighted by molar-refractivity contribution is 5.94. The van der Waals surface area contributed by atoms with Crippen molar-refractivity contribution in [3.05, 3.63) is 42.2 Å². The van der Waals surface area contributed by atoms with Gasteiger partial charge in [0, 0.05) is 30.2 Å². The number of hydrogen-bond acceptors (Lipinski definition) is 5. The minimum absolute atomic E-state index is 0.0627. The van der Waals surface area contributed by atoms with Gasteiger partial charge in [-0.25, -0.2) is 4.98 Å². The van der Waals surface area contributed by atoms with Crippen molar-refractivity contribution in [1.82, 2.24) is 15.3 Å². The molecule has 1 aromatic heterocycles. The van der Waals surface area contributed by atoms with E-state index < -0.39 is 0 Å². The van der Waals surface area contributed by atoms with Crippen LogP contribution in [0, 0.1) is 5.41 Å². The fourth-order valence-corrected chi connectivity index (χ4v) is 3.00. The molecule has 6 heteroatoms. The maximum absolute atomic E-state index is 12.3. The highest BCUT2D eigenvalue weighted by Crippen LogP contribution is 2.40. The first-order valence-electron chi connectivity index (χ1n) is 8.07. The molecule has 3 N–H and O–H groups in total. The summed E-state index contributed by atoms with van der Waals surface area (Å²) in [7, 11) is 1.71. The molecule has 1 fully saturated rings. The molecule has 2 aromatic rings. The Balaban J connectivity index is 1.62. The molecule has 0 spiro atoms. The quantitative estimate of drug-likeness (QED) is 0.850. The number of nitrogens with two attached hydrogens (primary N) is 1. The highest BCUT2D eigenvalue weighted by atomic mass is 16.5. The molecule has 0 atom stereocenters. The summed E-state index contributed by atoms with van der Waals surface area (Å²) < 4.78 is 5.29. The van der Waals surface area contributed by atoms with Gasteiger partial charge in [0.25, 0.3) is 5.91 Å². The molecular formula is C18H22N4O2. The largest absolute Gasteiger partial charge is 0.384 e. The molecule has 0 aliphatic heterocycles. The van der Waals surface area contributed by atoms with E-state index in [0.29, 0.717) is 24.5 Å². The van der Waals surface area contributed by atoms with Gasteiger partial charge < -0.3 is 15.8 Å². The molecule has 1 saturated carbocycles. The number of carbonyl (C=O) groups is 1. The summed E-state index contributed by atoms with van der Waals surface area (Å²) in [5.74, 6) is 0.322. The van der Waals surface area contributed by atoms with Crippen molar-refractivity contribution in [2.75, 3.05) is 26.0 Å². The third-order valence-corrected chi connectivity index (χ3v) is 4.60. The molecule has 1 aliphatic rings. The summed E-state index contributed by atoms with van der Waals surface area (Å²) >= 11 is 0. The second-order valence-corrected chi connectivity index (χ2v) is 6.37. The highest BCUT2D eigenvalue weighted by Gasteiger charge is 2.37. The fraction of sp³-hybridized carbons (Fsp3) is 0.389. The van der Waals surface area contributed by atoms with Crippen LogP contribution in [-0.2, 0) is 4.74 Å². The minimum atomic E-state index is -0.0627. The molecule has 1 heterocycles. The zero-order chi connectivity index (χ0) is 17.0. The lowest BCUT2D eigenvalue weighted by Gasteiger charge is -2.41. The number of aromatic nitrogens is 2. The maximum Gasteiger partial charge on any atom is 0.251 e. The molecule has 126 valence electrons. The lowest BCUT2D eigenvalue weighted by molar-refractivity contribution is 0.0180. The van der Waals surface area contributed by atoms with Gasteiger partial charge in [-0.2, -0.15) is 0 Å². The number of amides is 1. The molecule has 0 bridgehead atoms. The number of hydrogen-bond donors (Lipinski definition) is 2. The van der Waals surface area contributed by atoms with E-state index in [-0.39, 0.29) is 11.3 Å². The van der Waals surface area contributed by atoms with Crippen molar-refractivity contribution < 1.29 is 9.53 Å². The Hall–Kier alpha value is -2.47. The van der Waals surface area contributed by atoms with Crippen molar-refractivity contribution in [1.29, 1.82) is 0 Å². The van der Waals surface area contributed by atoms with Crippen molar-refractivity contribution in [3.63, 3.8) is 0 Å². The third-order valence-electron chi connectivity index (χ3n) is 4.60. The van der Waals surface area contributed by atoms with Crippen LogP contribution in [0.15, 0.2) is 36.7 Å². The van der Waals surface area contributed by atoms with Crippen LogP contribution in [0.4, 0.5) is 5.82 Å². The zero-order valence-corrected chi connectivity index (χ0v) is 13.8. The van der Waals surface area contributed by atoms with E-state index in [4.69, 9.17) is 10.5 Å². The molecule has 6 nitrogen and oxygen atoms in total. The van der Waals surface area contributed by atoms with Gasteiger partial charge in [-0.15, -0.1) is 0 Å². The van der Waals surface area contributed by atoms with Gasteiger partial charge in [-0.3, -0.25) is 9.78 Å². The Labute approximate surface area is 141 Å². The number of rotatable bonds is 6. The number of nitrogens with one attached hydrogen (secondary N) is 1. The number of methoxy groups -OCH3 is 1. The topological polar surface area (TPSA) is 90.1 Å². The number of carbonyl (C=O) groups excluding carboxylic acids is 1. The number of nitrogens with zero attached hydrogens (tertiary/aromatic N) is 2. The number of nitrogen functional groups attached to an aromatic ring is 1. The first kappa shape index (κ1) is 16.4. The maximum atomic E-state index is 12.3. The number of anilines is 1. The van der Waals surface area contributed by atoms with Crippen molar-refractivity contribution in [2.24, 2.45) is 5.41 Å². The first-order chi connectivity index (χ1) is 11.6. The Morgan fingerprint density at radius 3 is 2.54 bits per heavy atom. The molecule has 0 saturated heterocycles. The molecule has 1 aromatic carbocycles. The van der Waals surface area contributed by atoms with Crippen LogP contribution in [0.5, 0.6) is 0 Å². The van der Waals surface area contributed by atoms with Crippen LogP contribution in [0.2, 0.25) is 0 Å². The minimum Gasteiger partial charge on any atom is -0.384 e. The predicted molar refractivity (Wildman–Crippen MR) is 92.4 cm³/mol. The van der Waals surface area contributed by atoms with E-state index in [9.17, 15) is 4.79 Å². The number of ether oxygens (including phenoxy) is 1. The first-order valence-corrected chi connectivity index (χ1v) is 8.07. The van der Waals surface area contributed by atoms with E-state index in [1.54, 1.807) is 25.4 Å². The molecular weight excluding hydrogens is 304 g/mol. The van der Waals surface area contributed by atoms with Gasteiger partial charge in [-0.1, -0.05) is 18.6 Å². The van der Waals surface area contributed by atoms with Gasteiger partial charge in [0.05, 0.1) is 24.7 Å². The molecule has 1 aliphatic carbocycles. The summed E-state index contributed by atoms with van der Waals surface area (Å²) in [4.78, 5) is 20.6. The fourth-order valence-electron chi connectivity index (χ4n) is 3.00. The van der Waals surface area contributed by atoms with Crippen molar-refractivity contribution in [2.45, 2.75) is 19.3 Å².